The van der Waals surface area contributed by atoms with E-state index >= 15 is 0 Å². The monoisotopic (exact) mass is 252 g/mol. The first-order valence-corrected chi connectivity index (χ1v) is 6.40. The van der Waals surface area contributed by atoms with Crippen LogP contribution in [0.15, 0.2) is 24.8 Å². The van der Waals surface area contributed by atoms with Gasteiger partial charge in [0.1, 0.15) is 0 Å². The molecule has 0 aromatic rings. The topological polar surface area (TPSA) is 46.5 Å². The lowest BCUT2D eigenvalue weighted by atomic mass is 9.75. The van der Waals surface area contributed by atoms with Crippen LogP contribution >= 0.6 is 0 Å². The second-order valence-electron chi connectivity index (χ2n) is 6.15. The molecule has 3 heteroatoms. The fourth-order valence-electron chi connectivity index (χ4n) is 3.09. The van der Waals surface area contributed by atoms with Crippen LogP contribution in [-0.2, 0) is 9.53 Å². The van der Waals surface area contributed by atoms with E-state index in [0.717, 1.165) is 6.42 Å². The predicted octanol–water partition coefficient (Wildman–Crippen LogP) is 2.85. The van der Waals surface area contributed by atoms with Crippen LogP contribution in [0.4, 0.5) is 0 Å². The zero-order valence-corrected chi connectivity index (χ0v) is 11.8. The Morgan fingerprint density at radius 2 is 2.00 bits per heavy atom. The Labute approximate surface area is 110 Å². The van der Waals surface area contributed by atoms with Crippen LogP contribution in [0, 0.1) is 10.8 Å². The van der Waals surface area contributed by atoms with Crippen molar-refractivity contribution in [3.05, 3.63) is 24.8 Å². The molecule has 0 heterocycles. The van der Waals surface area contributed by atoms with Gasteiger partial charge in [-0.2, -0.15) is 0 Å². The van der Waals surface area contributed by atoms with Gasteiger partial charge in [-0.05, 0) is 25.2 Å². The van der Waals surface area contributed by atoms with E-state index in [-0.39, 0.29) is 11.4 Å². The molecule has 0 amide bonds. The van der Waals surface area contributed by atoms with Gasteiger partial charge in [-0.15, -0.1) is 6.58 Å². The Hall–Kier alpha value is -1.09. The third kappa shape index (κ3) is 2.83. The maximum absolute atomic E-state index is 11.4. The molecule has 0 bridgehead atoms. The normalized spacial score (nSPS) is 34.7. The molecule has 18 heavy (non-hydrogen) atoms. The Morgan fingerprint density at radius 1 is 1.39 bits per heavy atom. The van der Waals surface area contributed by atoms with E-state index in [1.165, 1.54) is 6.08 Å². The van der Waals surface area contributed by atoms with Crippen LogP contribution in [-0.4, -0.2) is 23.3 Å². The minimum absolute atomic E-state index is 0.0245. The van der Waals surface area contributed by atoms with E-state index in [2.05, 4.69) is 20.4 Å². The summed E-state index contributed by atoms with van der Waals surface area (Å²) < 4.78 is 4.87. The number of hydrogen-bond acceptors (Lipinski definition) is 3. The van der Waals surface area contributed by atoms with E-state index in [1.54, 1.807) is 19.1 Å². The molecule has 2 atom stereocenters. The largest absolute Gasteiger partial charge is 0.463 e. The standard InChI is InChI=1S/C15H24O3/c1-6-15(17)11-13(3,4)10-14(15,5)9-8-12(16)18-7-2/h6,8-9,17H,1,7,10-11H2,2-5H3/b9-8-. The molecule has 0 radical (unpaired) electrons. The lowest BCUT2D eigenvalue weighted by Crippen LogP contribution is -2.38. The molecular formula is C15H24O3. The van der Waals surface area contributed by atoms with Crippen molar-refractivity contribution in [2.24, 2.45) is 10.8 Å². The third-order valence-electron chi connectivity index (χ3n) is 3.79. The number of ether oxygens (including phenoxy) is 1. The highest BCUT2D eigenvalue weighted by Gasteiger charge is 2.54. The van der Waals surface area contributed by atoms with E-state index in [1.807, 2.05) is 6.92 Å². The quantitative estimate of drug-likeness (QED) is 0.475. The number of hydrogen-bond donors (Lipinski definition) is 1. The number of rotatable bonds is 4. The van der Waals surface area contributed by atoms with Crippen molar-refractivity contribution in [1.82, 2.24) is 0 Å². The van der Waals surface area contributed by atoms with Gasteiger partial charge in [0.05, 0.1) is 12.2 Å². The molecule has 3 nitrogen and oxygen atoms in total. The minimum atomic E-state index is -0.973. The zero-order valence-electron chi connectivity index (χ0n) is 11.8. The third-order valence-corrected chi connectivity index (χ3v) is 3.79. The number of carbonyl (C=O) groups is 1. The van der Waals surface area contributed by atoms with Gasteiger partial charge >= 0.3 is 5.97 Å². The molecule has 0 saturated heterocycles. The van der Waals surface area contributed by atoms with E-state index < -0.39 is 11.0 Å². The second kappa shape index (κ2) is 4.88. The summed E-state index contributed by atoms with van der Waals surface area (Å²) in [4.78, 5) is 11.4. The molecule has 1 aliphatic carbocycles. The molecule has 102 valence electrons. The molecule has 1 rings (SSSR count). The summed E-state index contributed by atoms with van der Waals surface area (Å²) in [6.45, 7) is 12.1. The summed E-state index contributed by atoms with van der Waals surface area (Å²) in [7, 11) is 0. The van der Waals surface area contributed by atoms with Gasteiger partial charge in [-0.1, -0.05) is 32.9 Å². The molecule has 0 spiro atoms. The summed E-state index contributed by atoms with van der Waals surface area (Å²) in [5.41, 5.74) is -1.43. The minimum Gasteiger partial charge on any atom is -0.463 e. The van der Waals surface area contributed by atoms with Crippen LogP contribution in [0.3, 0.4) is 0 Å². The fourth-order valence-corrected chi connectivity index (χ4v) is 3.09. The molecule has 1 N–H and O–H groups in total. The van der Waals surface area contributed by atoms with Gasteiger partial charge in [-0.3, -0.25) is 0 Å². The van der Waals surface area contributed by atoms with Gasteiger partial charge in [0.15, 0.2) is 0 Å². The predicted molar refractivity (Wildman–Crippen MR) is 72.0 cm³/mol. The maximum atomic E-state index is 11.4. The van der Waals surface area contributed by atoms with E-state index in [0.29, 0.717) is 13.0 Å². The Bertz CT molecular complexity index is 370. The molecule has 2 unspecified atom stereocenters. The molecular weight excluding hydrogens is 228 g/mol. The molecule has 1 aliphatic rings. The summed E-state index contributed by atoms with van der Waals surface area (Å²) in [5, 5.41) is 10.7. The molecule has 0 aromatic carbocycles. The molecule has 1 fully saturated rings. The van der Waals surface area contributed by atoms with Gasteiger partial charge in [0.2, 0.25) is 0 Å². The molecule has 1 saturated carbocycles. The Kier molecular flexibility index (Phi) is 4.06. The van der Waals surface area contributed by atoms with Gasteiger partial charge in [0.25, 0.3) is 0 Å². The van der Waals surface area contributed by atoms with Crippen molar-refractivity contribution >= 4 is 5.97 Å². The maximum Gasteiger partial charge on any atom is 0.330 e. The van der Waals surface area contributed by atoms with Crippen molar-refractivity contribution in [3.63, 3.8) is 0 Å². The Morgan fingerprint density at radius 3 is 2.50 bits per heavy atom. The van der Waals surface area contributed by atoms with Crippen LogP contribution in [0.25, 0.3) is 0 Å². The first-order chi connectivity index (χ1) is 8.18. The van der Waals surface area contributed by atoms with Crippen LogP contribution in [0.5, 0.6) is 0 Å². The zero-order chi connectivity index (χ0) is 14.0. The van der Waals surface area contributed by atoms with E-state index in [9.17, 15) is 9.90 Å². The van der Waals surface area contributed by atoms with Crippen molar-refractivity contribution < 1.29 is 14.6 Å². The highest BCUT2D eigenvalue weighted by Crippen LogP contribution is 2.56. The van der Waals surface area contributed by atoms with Crippen LogP contribution < -0.4 is 0 Å². The van der Waals surface area contributed by atoms with Crippen LogP contribution in [0.2, 0.25) is 0 Å². The first kappa shape index (κ1) is 15.0. The molecule has 0 aromatic heterocycles. The van der Waals surface area contributed by atoms with E-state index in [4.69, 9.17) is 4.74 Å². The number of esters is 1. The average Bonchev–Trinajstić information content (AvgIpc) is 2.43. The number of carbonyl (C=O) groups excluding carboxylic acids is 1. The summed E-state index contributed by atoms with van der Waals surface area (Å²) in [6, 6.07) is 0. The highest BCUT2D eigenvalue weighted by molar-refractivity contribution is 5.82. The summed E-state index contributed by atoms with van der Waals surface area (Å²) >= 11 is 0. The van der Waals surface area contributed by atoms with Crippen molar-refractivity contribution in [2.75, 3.05) is 6.61 Å². The average molecular weight is 252 g/mol. The van der Waals surface area contributed by atoms with Gasteiger partial charge < -0.3 is 9.84 Å². The van der Waals surface area contributed by atoms with Crippen molar-refractivity contribution in [1.29, 1.82) is 0 Å². The lowest BCUT2D eigenvalue weighted by Gasteiger charge is -2.34. The Balaban J connectivity index is 2.96. The number of aliphatic hydroxyl groups is 1. The summed E-state index contributed by atoms with van der Waals surface area (Å²) in [6.07, 6.45) is 6.23. The first-order valence-electron chi connectivity index (χ1n) is 6.40. The highest BCUT2D eigenvalue weighted by atomic mass is 16.5. The smallest absolute Gasteiger partial charge is 0.330 e. The van der Waals surface area contributed by atoms with Gasteiger partial charge in [-0.25, -0.2) is 4.79 Å². The second-order valence-corrected chi connectivity index (χ2v) is 6.15. The van der Waals surface area contributed by atoms with Crippen molar-refractivity contribution in [3.8, 4) is 0 Å². The van der Waals surface area contributed by atoms with Crippen LogP contribution in [0.1, 0.15) is 40.5 Å². The lowest BCUT2D eigenvalue weighted by molar-refractivity contribution is -0.137. The van der Waals surface area contributed by atoms with Gasteiger partial charge in [0, 0.05) is 11.5 Å². The fraction of sp³-hybridized carbons (Fsp3) is 0.667. The van der Waals surface area contributed by atoms with Crippen molar-refractivity contribution in [2.45, 2.75) is 46.1 Å². The summed E-state index contributed by atoms with van der Waals surface area (Å²) in [5.74, 6) is -0.366. The molecule has 0 aliphatic heterocycles. The SMILES string of the molecule is C=CC1(O)CC(C)(C)CC1(C)/C=C\C(=O)OCC.